The summed E-state index contributed by atoms with van der Waals surface area (Å²) >= 11 is 0. The normalized spacial score (nSPS) is 11.8. The minimum atomic E-state index is -0.643. The molecule has 1 unspecified atom stereocenters. The topological polar surface area (TPSA) is 20.2 Å². The van der Waals surface area contributed by atoms with Crippen LogP contribution in [-0.2, 0) is 0 Å². The molecule has 3 rings (SSSR count). The quantitative estimate of drug-likeness (QED) is 0.644. The Morgan fingerprint density at radius 3 is 1.64 bits per heavy atom. The molecule has 3 aromatic rings. The van der Waals surface area contributed by atoms with E-state index in [9.17, 15) is 5.11 Å². The molecule has 3 aromatic carbocycles. The van der Waals surface area contributed by atoms with E-state index in [2.05, 4.69) is 57.2 Å². The number of aliphatic hydroxyl groups excluding tert-OH is 1. The van der Waals surface area contributed by atoms with E-state index < -0.39 is 6.10 Å². The summed E-state index contributed by atoms with van der Waals surface area (Å²) in [6.07, 6.45) is 1.33. The SMILES string of the molecule is Cc1cc(C)c(C(O)C=C(c2ccccc2)c2ccccc2)c(C)c1. The van der Waals surface area contributed by atoms with Crippen molar-refractivity contribution in [1.82, 2.24) is 0 Å². The molecule has 1 nitrogen and oxygen atoms in total. The van der Waals surface area contributed by atoms with Crippen molar-refractivity contribution >= 4 is 5.57 Å². The van der Waals surface area contributed by atoms with Gasteiger partial charge >= 0.3 is 0 Å². The monoisotopic (exact) mass is 328 g/mol. The van der Waals surface area contributed by atoms with Crippen LogP contribution in [0.3, 0.4) is 0 Å². The molecule has 0 aromatic heterocycles. The molecule has 0 aliphatic rings. The molecule has 1 N–H and O–H groups in total. The molecule has 0 saturated carbocycles. The first kappa shape index (κ1) is 17.2. The van der Waals surface area contributed by atoms with Gasteiger partial charge in [0.05, 0.1) is 6.10 Å². The summed E-state index contributed by atoms with van der Waals surface area (Å²) in [4.78, 5) is 0. The molecule has 0 heterocycles. The zero-order chi connectivity index (χ0) is 17.8. The Bertz CT molecular complexity index is 812. The van der Waals surface area contributed by atoms with Gasteiger partial charge in [-0.3, -0.25) is 0 Å². The summed E-state index contributed by atoms with van der Waals surface area (Å²) in [6, 6.07) is 24.7. The number of hydrogen-bond donors (Lipinski definition) is 1. The van der Waals surface area contributed by atoms with E-state index in [-0.39, 0.29) is 0 Å². The Morgan fingerprint density at radius 1 is 0.760 bits per heavy atom. The molecule has 0 radical (unpaired) electrons. The van der Waals surface area contributed by atoms with E-state index in [4.69, 9.17) is 0 Å². The Morgan fingerprint density at radius 2 is 1.20 bits per heavy atom. The zero-order valence-corrected chi connectivity index (χ0v) is 15.0. The number of benzene rings is 3. The van der Waals surface area contributed by atoms with Crippen molar-refractivity contribution in [3.8, 4) is 0 Å². The fourth-order valence-electron chi connectivity index (χ4n) is 3.49. The second kappa shape index (κ2) is 7.50. The molecule has 0 saturated heterocycles. The molecule has 0 aliphatic heterocycles. The van der Waals surface area contributed by atoms with E-state index in [1.165, 1.54) is 5.56 Å². The molecule has 0 amide bonds. The van der Waals surface area contributed by atoms with E-state index in [1.54, 1.807) is 0 Å². The van der Waals surface area contributed by atoms with E-state index in [0.29, 0.717) is 0 Å². The van der Waals surface area contributed by atoms with Crippen LogP contribution in [-0.4, -0.2) is 5.11 Å². The van der Waals surface area contributed by atoms with Crippen LogP contribution in [0.5, 0.6) is 0 Å². The third-order valence-corrected chi connectivity index (χ3v) is 4.53. The molecule has 126 valence electrons. The summed E-state index contributed by atoms with van der Waals surface area (Å²) in [7, 11) is 0. The highest BCUT2D eigenvalue weighted by atomic mass is 16.3. The maximum atomic E-state index is 11.0. The number of hydrogen-bond acceptors (Lipinski definition) is 1. The van der Waals surface area contributed by atoms with Crippen molar-refractivity contribution in [3.05, 3.63) is 112 Å². The van der Waals surface area contributed by atoms with E-state index in [0.717, 1.165) is 33.4 Å². The summed E-state index contributed by atoms with van der Waals surface area (Å²) in [5.41, 5.74) is 7.73. The molecule has 25 heavy (non-hydrogen) atoms. The highest BCUT2D eigenvalue weighted by molar-refractivity contribution is 5.80. The smallest absolute Gasteiger partial charge is 0.0986 e. The predicted octanol–water partition coefficient (Wildman–Crippen LogP) is 5.78. The zero-order valence-electron chi connectivity index (χ0n) is 15.0. The largest absolute Gasteiger partial charge is 0.384 e. The molecule has 0 spiro atoms. The first-order valence-electron chi connectivity index (χ1n) is 8.64. The standard InChI is InChI=1S/C24H24O/c1-17-14-18(2)24(19(3)15-17)23(25)16-22(20-10-6-4-7-11-20)21-12-8-5-9-13-21/h4-16,23,25H,1-3H3. The minimum absolute atomic E-state index is 0.643. The van der Waals surface area contributed by atoms with Crippen molar-refractivity contribution in [3.63, 3.8) is 0 Å². The number of rotatable bonds is 4. The first-order valence-corrected chi connectivity index (χ1v) is 8.64. The summed E-state index contributed by atoms with van der Waals surface area (Å²) in [5, 5.41) is 11.0. The Hall–Kier alpha value is -2.64. The van der Waals surface area contributed by atoms with Gasteiger partial charge < -0.3 is 5.11 Å². The molecule has 1 heteroatoms. The van der Waals surface area contributed by atoms with E-state index in [1.807, 2.05) is 42.5 Å². The van der Waals surface area contributed by atoms with Crippen LogP contribution in [0, 0.1) is 20.8 Å². The van der Waals surface area contributed by atoms with Crippen LogP contribution in [0.15, 0.2) is 78.9 Å². The molecule has 0 fully saturated rings. The second-order valence-electron chi connectivity index (χ2n) is 6.57. The average Bonchev–Trinajstić information content (AvgIpc) is 2.60. The lowest BCUT2D eigenvalue weighted by Crippen LogP contribution is -2.02. The van der Waals surface area contributed by atoms with E-state index >= 15 is 0 Å². The lowest BCUT2D eigenvalue weighted by molar-refractivity contribution is 0.227. The summed E-state index contributed by atoms with van der Waals surface area (Å²) < 4.78 is 0. The van der Waals surface area contributed by atoms with Crippen LogP contribution in [0.1, 0.15) is 39.5 Å². The third-order valence-electron chi connectivity index (χ3n) is 4.53. The van der Waals surface area contributed by atoms with Gasteiger partial charge in [0.15, 0.2) is 0 Å². The first-order chi connectivity index (χ1) is 12.1. The maximum Gasteiger partial charge on any atom is 0.0986 e. The molecule has 1 atom stereocenters. The summed E-state index contributed by atoms with van der Waals surface area (Å²) in [6.45, 7) is 6.22. The van der Waals surface area contributed by atoms with Gasteiger partial charge in [0.1, 0.15) is 0 Å². The van der Waals surface area contributed by atoms with Crippen LogP contribution < -0.4 is 0 Å². The van der Waals surface area contributed by atoms with Gasteiger partial charge in [0.25, 0.3) is 0 Å². The fraction of sp³-hybridized carbons (Fsp3) is 0.167. The lowest BCUT2D eigenvalue weighted by atomic mass is 9.91. The lowest BCUT2D eigenvalue weighted by Gasteiger charge is -2.17. The van der Waals surface area contributed by atoms with Gasteiger partial charge in [-0.1, -0.05) is 78.4 Å². The van der Waals surface area contributed by atoms with Crippen LogP contribution in [0.4, 0.5) is 0 Å². The predicted molar refractivity (Wildman–Crippen MR) is 106 cm³/mol. The fourth-order valence-corrected chi connectivity index (χ4v) is 3.49. The Kier molecular flexibility index (Phi) is 5.16. The highest BCUT2D eigenvalue weighted by Gasteiger charge is 2.14. The van der Waals surface area contributed by atoms with Crippen molar-refractivity contribution in [2.45, 2.75) is 26.9 Å². The van der Waals surface area contributed by atoms with Gasteiger partial charge in [-0.25, -0.2) is 0 Å². The highest BCUT2D eigenvalue weighted by Crippen LogP contribution is 2.30. The molecular weight excluding hydrogens is 304 g/mol. The second-order valence-corrected chi connectivity index (χ2v) is 6.57. The minimum Gasteiger partial charge on any atom is -0.384 e. The molecule has 0 bridgehead atoms. The average molecular weight is 328 g/mol. The molecular formula is C24H24O. The number of aryl methyl sites for hydroxylation is 3. The van der Waals surface area contributed by atoms with Gasteiger partial charge in [-0.05, 0) is 60.2 Å². The van der Waals surface area contributed by atoms with Gasteiger partial charge in [0.2, 0.25) is 0 Å². The Labute approximate surface area is 150 Å². The van der Waals surface area contributed by atoms with Crippen molar-refractivity contribution < 1.29 is 5.11 Å². The maximum absolute atomic E-state index is 11.0. The Balaban J connectivity index is 2.11. The third kappa shape index (κ3) is 3.89. The van der Waals surface area contributed by atoms with Gasteiger partial charge in [0, 0.05) is 0 Å². The van der Waals surface area contributed by atoms with Crippen molar-refractivity contribution in [1.29, 1.82) is 0 Å². The van der Waals surface area contributed by atoms with Crippen LogP contribution in [0.2, 0.25) is 0 Å². The van der Waals surface area contributed by atoms with Crippen LogP contribution in [0.25, 0.3) is 5.57 Å². The molecule has 0 aliphatic carbocycles. The van der Waals surface area contributed by atoms with Gasteiger partial charge in [-0.15, -0.1) is 0 Å². The van der Waals surface area contributed by atoms with Crippen molar-refractivity contribution in [2.24, 2.45) is 0 Å². The van der Waals surface area contributed by atoms with Gasteiger partial charge in [-0.2, -0.15) is 0 Å². The number of aliphatic hydroxyl groups is 1. The van der Waals surface area contributed by atoms with Crippen molar-refractivity contribution in [2.75, 3.05) is 0 Å². The van der Waals surface area contributed by atoms with Crippen LogP contribution >= 0.6 is 0 Å². The summed E-state index contributed by atoms with van der Waals surface area (Å²) in [5.74, 6) is 0.